The van der Waals surface area contributed by atoms with Gasteiger partial charge < -0.3 is 10.6 Å². The number of aromatic nitrogens is 2. The van der Waals surface area contributed by atoms with Gasteiger partial charge >= 0.3 is 0 Å². The predicted octanol–water partition coefficient (Wildman–Crippen LogP) is 1.61. The second kappa shape index (κ2) is 4.42. The lowest BCUT2D eigenvalue weighted by Gasteiger charge is -2.30. The molecule has 1 aliphatic heterocycles. The molecule has 0 unspecified atom stereocenters. The maximum absolute atomic E-state index is 12.2. The largest absolute Gasteiger partial charge is 0.383 e. The normalized spacial score (nSPS) is 14.3. The maximum atomic E-state index is 12.2. The van der Waals surface area contributed by atoms with Gasteiger partial charge in [0.25, 0.3) is 5.91 Å². The molecule has 19 heavy (non-hydrogen) atoms. The van der Waals surface area contributed by atoms with Crippen LogP contribution in [0.25, 0.3) is 5.69 Å². The van der Waals surface area contributed by atoms with Gasteiger partial charge in [-0.25, -0.2) is 4.68 Å². The number of anilines is 1. The van der Waals surface area contributed by atoms with E-state index in [1.807, 2.05) is 31.2 Å². The molecule has 0 spiro atoms. The van der Waals surface area contributed by atoms with Crippen molar-refractivity contribution in [2.75, 3.05) is 18.8 Å². The van der Waals surface area contributed by atoms with E-state index >= 15 is 0 Å². The number of nitrogens with two attached hydrogens (primary N) is 1. The Bertz CT molecular complexity index is 628. The number of aryl methyl sites for hydroxylation is 1. The van der Waals surface area contributed by atoms with E-state index in [9.17, 15) is 4.79 Å². The van der Waals surface area contributed by atoms with Gasteiger partial charge in [0.1, 0.15) is 11.4 Å². The monoisotopic (exact) mass is 256 g/mol. The fraction of sp³-hybridized carbons (Fsp3) is 0.286. The predicted molar refractivity (Wildman–Crippen MR) is 73.2 cm³/mol. The topological polar surface area (TPSA) is 64.2 Å². The molecule has 1 aliphatic rings. The molecule has 1 saturated heterocycles. The Balaban J connectivity index is 1.99. The molecule has 98 valence electrons. The highest BCUT2D eigenvalue weighted by atomic mass is 16.2. The van der Waals surface area contributed by atoms with Gasteiger partial charge in [0.05, 0.1) is 11.9 Å². The zero-order valence-corrected chi connectivity index (χ0v) is 10.8. The highest BCUT2D eigenvalue weighted by Crippen LogP contribution is 2.22. The van der Waals surface area contributed by atoms with Gasteiger partial charge in [0.15, 0.2) is 0 Å². The molecular formula is C14H16N4O. The highest BCUT2D eigenvalue weighted by molar-refractivity contribution is 5.98. The van der Waals surface area contributed by atoms with Crippen molar-refractivity contribution in [3.63, 3.8) is 0 Å². The van der Waals surface area contributed by atoms with Crippen molar-refractivity contribution in [2.45, 2.75) is 13.3 Å². The van der Waals surface area contributed by atoms with Crippen LogP contribution in [-0.4, -0.2) is 33.7 Å². The first-order valence-corrected chi connectivity index (χ1v) is 6.37. The van der Waals surface area contributed by atoms with E-state index in [0.29, 0.717) is 11.4 Å². The van der Waals surface area contributed by atoms with Gasteiger partial charge in [0, 0.05) is 13.1 Å². The SMILES string of the molecule is Cc1ccccc1-n1ncc(C(=O)N2CCC2)c1N. The van der Waals surface area contributed by atoms with E-state index in [-0.39, 0.29) is 5.91 Å². The van der Waals surface area contributed by atoms with E-state index in [1.165, 1.54) is 0 Å². The number of benzene rings is 1. The van der Waals surface area contributed by atoms with Gasteiger partial charge in [-0.15, -0.1) is 0 Å². The standard InChI is InChI=1S/C14H16N4O/c1-10-5-2-3-6-12(10)18-13(15)11(9-16-18)14(19)17-7-4-8-17/h2-3,5-6,9H,4,7-8,15H2,1H3. The Hall–Kier alpha value is -2.30. The molecule has 2 N–H and O–H groups in total. The molecular weight excluding hydrogens is 240 g/mol. The van der Waals surface area contributed by atoms with Gasteiger partial charge in [0.2, 0.25) is 0 Å². The molecule has 0 aliphatic carbocycles. The zero-order valence-electron chi connectivity index (χ0n) is 10.8. The molecule has 1 aromatic heterocycles. The van der Waals surface area contributed by atoms with Crippen LogP contribution in [-0.2, 0) is 0 Å². The van der Waals surface area contributed by atoms with Crippen LogP contribution in [0.2, 0.25) is 0 Å². The number of hydrogen-bond acceptors (Lipinski definition) is 3. The average molecular weight is 256 g/mol. The van der Waals surface area contributed by atoms with Crippen LogP contribution in [0.4, 0.5) is 5.82 Å². The van der Waals surface area contributed by atoms with Crippen molar-refractivity contribution in [2.24, 2.45) is 0 Å². The summed E-state index contributed by atoms with van der Waals surface area (Å²) in [7, 11) is 0. The van der Waals surface area contributed by atoms with Crippen molar-refractivity contribution < 1.29 is 4.79 Å². The van der Waals surface area contributed by atoms with Crippen molar-refractivity contribution in [3.05, 3.63) is 41.6 Å². The number of carbonyl (C=O) groups excluding carboxylic acids is 1. The zero-order chi connectivity index (χ0) is 13.4. The Morgan fingerprint density at radius 1 is 1.32 bits per heavy atom. The summed E-state index contributed by atoms with van der Waals surface area (Å²) in [6, 6.07) is 7.83. The summed E-state index contributed by atoms with van der Waals surface area (Å²) < 4.78 is 1.63. The minimum atomic E-state index is -0.0245. The van der Waals surface area contributed by atoms with E-state index < -0.39 is 0 Å². The second-order valence-corrected chi connectivity index (χ2v) is 4.79. The Morgan fingerprint density at radius 2 is 2.05 bits per heavy atom. The molecule has 1 fully saturated rings. The number of amides is 1. The van der Waals surface area contributed by atoms with Crippen molar-refractivity contribution >= 4 is 11.7 Å². The Morgan fingerprint density at radius 3 is 2.68 bits per heavy atom. The molecule has 0 saturated carbocycles. The van der Waals surface area contributed by atoms with Crippen molar-refractivity contribution in [1.82, 2.24) is 14.7 Å². The van der Waals surface area contributed by atoms with Crippen LogP contribution in [0.3, 0.4) is 0 Å². The van der Waals surface area contributed by atoms with E-state index in [4.69, 9.17) is 5.73 Å². The third-order valence-corrected chi connectivity index (χ3v) is 3.52. The molecule has 2 aromatic rings. The maximum Gasteiger partial charge on any atom is 0.259 e. The lowest BCUT2D eigenvalue weighted by molar-refractivity contribution is 0.0653. The first-order valence-electron chi connectivity index (χ1n) is 6.37. The summed E-state index contributed by atoms with van der Waals surface area (Å²) in [6.45, 7) is 3.62. The van der Waals surface area contributed by atoms with Crippen LogP contribution >= 0.6 is 0 Å². The van der Waals surface area contributed by atoms with Crippen molar-refractivity contribution in [1.29, 1.82) is 0 Å². The number of para-hydroxylation sites is 1. The van der Waals surface area contributed by atoms with Gasteiger partial charge in [-0.05, 0) is 25.0 Å². The highest BCUT2D eigenvalue weighted by Gasteiger charge is 2.25. The summed E-state index contributed by atoms with van der Waals surface area (Å²) >= 11 is 0. The second-order valence-electron chi connectivity index (χ2n) is 4.79. The summed E-state index contributed by atoms with van der Waals surface area (Å²) in [6.07, 6.45) is 2.63. The quantitative estimate of drug-likeness (QED) is 0.887. The minimum Gasteiger partial charge on any atom is -0.383 e. The minimum absolute atomic E-state index is 0.0245. The molecule has 0 radical (unpaired) electrons. The van der Waals surface area contributed by atoms with E-state index in [1.54, 1.807) is 15.8 Å². The van der Waals surface area contributed by atoms with Crippen LogP contribution in [0.5, 0.6) is 0 Å². The van der Waals surface area contributed by atoms with Crippen LogP contribution in [0.1, 0.15) is 22.3 Å². The molecule has 1 amide bonds. The molecule has 0 bridgehead atoms. The summed E-state index contributed by atoms with van der Waals surface area (Å²) in [5, 5.41) is 4.25. The average Bonchev–Trinajstić information content (AvgIpc) is 2.69. The summed E-state index contributed by atoms with van der Waals surface area (Å²) in [5.74, 6) is 0.384. The summed E-state index contributed by atoms with van der Waals surface area (Å²) in [5.41, 5.74) is 8.54. The van der Waals surface area contributed by atoms with Gasteiger partial charge in [-0.2, -0.15) is 5.10 Å². The molecule has 3 rings (SSSR count). The van der Waals surface area contributed by atoms with Crippen LogP contribution in [0, 0.1) is 6.92 Å². The fourth-order valence-electron chi connectivity index (χ4n) is 2.21. The van der Waals surface area contributed by atoms with Crippen LogP contribution < -0.4 is 5.73 Å². The number of likely N-dealkylation sites (tertiary alicyclic amines) is 1. The van der Waals surface area contributed by atoms with Crippen LogP contribution in [0.15, 0.2) is 30.5 Å². The molecule has 1 aromatic carbocycles. The molecule has 5 nitrogen and oxygen atoms in total. The number of rotatable bonds is 2. The van der Waals surface area contributed by atoms with E-state index in [2.05, 4.69) is 5.10 Å². The number of nitrogen functional groups attached to an aromatic ring is 1. The molecule has 5 heteroatoms. The third-order valence-electron chi connectivity index (χ3n) is 3.52. The van der Waals surface area contributed by atoms with E-state index in [0.717, 1.165) is 30.8 Å². The lowest BCUT2D eigenvalue weighted by Crippen LogP contribution is -2.42. The Labute approximate surface area is 111 Å². The smallest absolute Gasteiger partial charge is 0.259 e. The molecule has 2 heterocycles. The first kappa shape index (κ1) is 11.8. The third kappa shape index (κ3) is 1.87. The number of nitrogens with zero attached hydrogens (tertiary/aromatic N) is 3. The lowest BCUT2D eigenvalue weighted by atomic mass is 10.1. The summed E-state index contributed by atoms with van der Waals surface area (Å²) in [4.78, 5) is 14.0. The number of hydrogen-bond donors (Lipinski definition) is 1. The number of carbonyl (C=O) groups is 1. The fourth-order valence-corrected chi connectivity index (χ4v) is 2.21. The van der Waals surface area contributed by atoms with Gasteiger partial charge in [-0.3, -0.25) is 4.79 Å². The van der Waals surface area contributed by atoms with Gasteiger partial charge in [-0.1, -0.05) is 18.2 Å². The molecule has 0 atom stereocenters. The van der Waals surface area contributed by atoms with Crippen molar-refractivity contribution in [3.8, 4) is 5.69 Å². The Kier molecular flexibility index (Phi) is 2.74. The first-order chi connectivity index (χ1) is 9.18.